The van der Waals surface area contributed by atoms with Gasteiger partial charge in [-0.25, -0.2) is 29.9 Å². The number of nitrogens with zero attached hydrogens (tertiary/aromatic N) is 8. The molecule has 5 aromatic heterocycles. The monoisotopic (exact) mass is 1110 g/mol. The third-order valence-electron chi connectivity index (χ3n) is 16.8. The van der Waals surface area contributed by atoms with E-state index in [1.165, 1.54) is 0 Å². The van der Waals surface area contributed by atoms with Crippen molar-refractivity contribution in [2.24, 2.45) is 0 Å². The van der Waals surface area contributed by atoms with Crippen molar-refractivity contribution in [1.29, 1.82) is 0 Å². The second kappa shape index (κ2) is 20.6. The number of hydrogen-bond donors (Lipinski definition) is 0. The molecule has 0 aliphatic heterocycles. The van der Waals surface area contributed by atoms with Gasteiger partial charge in [0.25, 0.3) is 0 Å². The largest absolute Gasteiger partial charge is 0.456 e. The molecule has 17 rings (SSSR count). The van der Waals surface area contributed by atoms with Crippen LogP contribution in [0.4, 0.5) is 0 Å². The minimum atomic E-state index is 0.606. The van der Waals surface area contributed by atoms with Crippen LogP contribution in [0.3, 0.4) is 0 Å². The fourth-order valence-electron chi connectivity index (χ4n) is 12.8. The first-order chi connectivity index (χ1) is 43.1. The van der Waals surface area contributed by atoms with Crippen molar-refractivity contribution in [2.45, 2.75) is 12.8 Å². The first-order valence-electron chi connectivity index (χ1n) is 29.4. The zero-order chi connectivity index (χ0) is 57.4. The van der Waals surface area contributed by atoms with Crippen LogP contribution in [0.15, 0.2) is 283 Å². The second-order valence-corrected chi connectivity index (χ2v) is 22.1. The molecule has 0 spiro atoms. The molecule has 0 N–H and O–H groups in total. The lowest BCUT2D eigenvalue weighted by Crippen LogP contribution is -2.00. The molecule has 9 heteroatoms. The lowest BCUT2D eigenvalue weighted by atomic mass is 9.97. The summed E-state index contributed by atoms with van der Waals surface area (Å²) in [7, 11) is 0. The number of para-hydroxylation sites is 1. The van der Waals surface area contributed by atoms with Crippen molar-refractivity contribution >= 4 is 71.2 Å². The van der Waals surface area contributed by atoms with Crippen LogP contribution >= 0.6 is 0 Å². The predicted octanol–water partition coefficient (Wildman–Crippen LogP) is 19.7. The Balaban J connectivity index is 0.817. The van der Waals surface area contributed by atoms with Crippen LogP contribution < -0.4 is 0 Å². The smallest absolute Gasteiger partial charge is 0.164 e. The zero-order valence-corrected chi connectivity index (χ0v) is 47.0. The first-order valence-corrected chi connectivity index (χ1v) is 29.4. The Morgan fingerprint density at radius 3 is 1.09 bits per heavy atom. The number of allylic oxidation sites excluding steroid dienone is 4. The molecule has 0 amide bonds. The maximum absolute atomic E-state index is 6.65. The minimum absolute atomic E-state index is 0.606. The summed E-state index contributed by atoms with van der Waals surface area (Å²) in [5.41, 5.74) is 18.1. The van der Waals surface area contributed by atoms with Crippen molar-refractivity contribution in [2.75, 3.05) is 0 Å². The normalized spacial score (nSPS) is 12.5. The maximum atomic E-state index is 6.65. The summed E-state index contributed by atoms with van der Waals surface area (Å²) in [6, 6.07) is 91.0. The average molecular weight is 1120 g/mol. The molecular formula is C78H50N8O. The summed E-state index contributed by atoms with van der Waals surface area (Å²) in [6.07, 6.45) is 8.85. The maximum Gasteiger partial charge on any atom is 0.164 e. The predicted molar refractivity (Wildman–Crippen MR) is 354 cm³/mol. The number of furan rings is 1. The van der Waals surface area contributed by atoms with Gasteiger partial charge >= 0.3 is 0 Å². The van der Waals surface area contributed by atoms with E-state index in [9.17, 15) is 0 Å². The molecule has 1 aliphatic carbocycles. The van der Waals surface area contributed by atoms with E-state index < -0.39 is 0 Å². The van der Waals surface area contributed by atoms with Gasteiger partial charge in [-0.15, -0.1) is 0 Å². The Bertz CT molecular complexity index is 5320. The molecule has 0 saturated heterocycles. The van der Waals surface area contributed by atoms with Crippen molar-refractivity contribution < 1.29 is 4.42 Å². The van der Waals surface area contributed by atoms with Crippen LogP contribution in [0.25, 0.3) is 168 Å². The molecule has 0 atom stereocenters. The van der Waals surface area contributed by atoms with E-state index in [0.717, 1.165) is 145 Å². The van der Waals surface area contributed by atoms with Gasteiger partial charge in [-0.3, -0.25) is 0 Å². The molecule has 5 heterocycles. The van der Waals surface area contributed by atoms with E-state index >= 15 is 0 Å². The van der Waals surface area contributed by atoms with E-state index in [4.69, 9.17) is 34.3 Å². The SMILES string of the molecule is C1=CC(n2c3ccc(-c4ccc5oc6ccc(-c7ccc8c(c7)c7c(-c9nc(-c%10ccccc%10)nc(-c%10ccccc%10)n9)cccc7n8-c7ccccc7)cc6c5c4)cc3c3c(-c4nc(-c5ccccc5)nc(-c5ccccc5)n4)cccc32)=CCC1. The third kappa shape index (κ3) is 8.62. The molecule has 0 bridgehead atoms. The molecule has 0 unspecified atom stereocenters. The van der Waals surface area contributed by atoms with Gasteiger partial charge in [-0.1, -0.05) is 200 Å². The molecule has 9 nitrogen and oxygen atoms in total. The Morgan fingerprint density at radius 1 is 0.287 bits per heavy atom. The lowest BCUT2D eigenvalue weighted by molar-refractivity contribution is 0.669. The topological polar surface area (TPSA) is 100 Å². The molecule has 11 aromatic carbocycles. The fourth-order valence-corrected chi connectivity index (χ4v) is 12.8. The highest BCUT2D eigenvalue weighted by Gasteiger charge is 2.24. The molecule has 87 heavy (non-hydrogen) atoms. The Kier molecular flexibility index (Phi) is 11.8. The summed E-state index contributed by atoms with van der Waals surface area (Å²) in [4.78, 5) is 31.1. The van der Waals surface area contributed by atoms with Crippen molar-refractivity contribution in [1.82, 2.24) is 39.0 Å². The van der Waals surface area contributed by atoms with Crippen molar-refractivity contribution in [3.63, 3.8) is 0 Å². The van der Waals surface area contributed by atoms with Crippen LogP contribution in [0.2, 0.25) is 0 Å². The summed E-state index contributed by atoms with van der Waals surface area (Å²) < 4.78 is 11.4. The van der Waals surface area contributed by atoms with E-state index in [-0.39, 0.29) is 0 Å². The minimum Gasteiger partial charge on any atom is -0.456 e. The zero-order valence-electron chi connectivity index (χ0n) is 47.0. The summed E-state index contributed by atoms with van der Waals surface area (Å²) >= 11 is 0. The van der Waals surface area contributed by atoms with Crippen molar-refractivity contribution in [3.8, 4) is 96.3 Å². The van der Waals surface area contributed by atoms with Gasteiger partial charge in [-0.2, -0.15) is 0 Å². The second-order valence-electron chi connectivity index (χ2n) is 22.1. The summed E-state index contributed by atoms with van der Waals surface area (Å²) in [6.45, 7) is 0. The number of aromatic nitrogens is 8. The quantitative estimate of drug-likeness (QED) is 0.134. The van der Waals surface area contributed by atoms with Crippen LogP contribution in [-0.4, -0.2) is 39.0 Å². The van der Waals surface area contributed by atoms with Gasteiger partial charge in [0.2, 0.25) is 0 Å². The highest BCUT2D eigenvalue weighted by atomic mass is 16.3. The van der Waals surface area contributed by atoms with Gasteiger partial charge in [-0.05, 0) is 114 Å². The summed E-state index contributed by atoms with van der Waals surface area (Å²) in [5, 5.41) is 6.41. The van der Waals surface area contributed by atoms with Crippen LogP contribution in [0.1, 0.15) is 12.8 Å². The van der Waals surface area contributed by atoms with Crippen LogP contribution in [0, 0.1) is 0 Å². The van der Waals surface area contributed by atoms with Gasteiger partial charge in [0.15, 0.2) is 34.9 Å². The average Bonchev–Trinajstić information content (AvgIpc) is 1.78. The number of hydrogen-bond acceptors (Lipinski definition) is 7. The molecule has 1 aliphatic rings. The Hall–Kier alpha value is -11.7. The lowest BCUT2D eigenvalue weighted by Gasteiger charge is -2.12. The first kappa shape index (κ1) is 49.9. The van der Waals surface area contributed by atoms with E-state index in [2.05, 4.69) is 215 Å². The van der Waals surface area contributed by atoms with Crippen LogP contribution in [-0.2, 0) is 0 Å². The molecule has 0 saturated carbocycles. The third-order valence-corrected chi connectivity index (χ3v) is 16.8. The van der Waals surface area contributed by atoms with Crippen LogP contribution in [0.5, 0.6) is 0 Å². The standard InChI is InChI=1S/C78H50N8O/c1-7-21-49(22-8-1)73-79-74(50-23-9-2-10-24-50)82-77(81-73)59-33-19-35-67-71(59)63-47-53(37-41-65(63)85(67)57-29-15-5-16-30-57)55-39-43-69-61(45-55)62-46-56(40-44-70(62)87-69)54-38-42-66-64(48-54)72-60(34-20-36-68(72)86(66)58-31-17-6-18-32-58)78-83-75(51-25-11-3-12-26-51)80-76(84-78)52-27-13-4-14-28-52/h1-5,7-17,19-48H,6,18H2. The Labute approximate surface area is 500 Å². The van der Waals surface area contributed by atoms with Gasteiger partial charge in [0.1, 0.15) is 11.2 Å². The van der Waals surface area contributed by atoms with E-state index in [1.807, 2.05) is 72.8 Å². The molecule has 16 aromatic rings. The molecule has 0 fully saturated rings. The number of fused-ring (bicyclic) bond motifs is 9. The molecule has 408 valence electrons. The highest BCUT2D eigenvalue weighted by molar-refractivity contribution is 6.18. The van der Waals surface area contributed by atoms with Gasteiger partial charge < -0.3 is 13.6 Å². The fraction of sp³-hybridized carbons (Fsp3) is 0.0256. The number of benzene rings is 11. The van der Waals surface area contributed by atoms with E-state index in [0.29, 0.717) is 34.9 Å². The molecule has 0 radical (unpaired) electrons. The highest BCUT2D eigenvalue weighted by Crippen LogP contribution is 2.44. The summed E-state index contributed by atoms with van der Waals surface area (Å²) in [5.74, 6) is 3.71. The van der Waals surface area contributed by atoms with Crippen molar-refractivity contribution in [3.05, 3.63) is 279 Å². The Morgan fingerprint density at radius 2 is 0.667 bits per heavy atom. The van der Waals surface area contributed by atoms with Gasteiger partial charge in [0.05, 0.1) is 22.1 Å². The van der Waals surface area contributed by atoms with Gasteiger partial charge in [0, 0.05) is 77.1 Å². The number of rotatable bonds is 10. The van der Waals surface area contributed by atoms with E-state index in [1.54, 1.807) is 0 Å². The molecular weight excluding hydrogens is 1060 g/mol.